The molecule has 0 atom stereocenters. The van der Waals surface area contributed by atoms with Crippen molar-refractivity contribution in [1.82, 2.24) is 15.1 Å². The zero-order chi connectivity index (χ0) is 19.9. The molecule has 1 N–H and O–H groups in total. The lowest BCUT2D eigenvalue weighted by Gasteiger charge is -2.23. The van der Waals surface area contributed by atoms with E-state index in [2.05, 4.69) is 5.32 Å². The average Bonchev–Trinajstić information content (AvgIpc) is 2.97. The van der Waals surface area contributed by atoms with E-state index >= 15 is 0 Å². The van der Waals surface area contributed by atoms with Crippen LogP contribution in [0.3, 0.4) is 0 Å². The van der Waals surface area contributed by atoms with Crippen molar-refractivity contribution in [2.24, 2.45) is 0 Å². The Labute approximate surface area is 175 Å². The summed E-state index contributed by atoms with van der Waals surface area (Å²) in [6.45, 7) is 2.73. The Kier molecular flexibility index (Phi) is 7.18. The van der Waals surface area contributed by atoms with Crippen LogP contribution in [0.25, 0.3) is 0 Å². The van der Waals surface area contributed by atoms with Gasteiger partial charge in [-0.1, -0.05) is 59.6 Å². The van der Waals surface area contributed by atoms with Gasteiger partial charge < -0.3 is 15.1 Å². The molecule has 1 fully saturated rings. The van der Waals surface area contributed by atoms with E-state index in [0.717, 1.165) is 12.8 Å². The van der Waals surface area contributed by atoms with Crippen LogP contribution in [0.1, 0.15) is 22.3 Å². The van der Waals surface area contributed by atoms with Crippen LogP contribution in [-0.4, -0.2) is 54.5 Å². The molecule has 2 aromatic rings. The number of carbonyl (C=O) groups excluding carboxylic acids is 2. The van der Waals surface area contributed by atoms with Crippen molar-refractivity contribution in [2.75, 3.05) is 32.7 Å². The van der Waals surface area contributed by atoms with Gasteiger partial charge in [-0.25, -0.2) is 4.79 Å². The predicted octanol–water partition coefficient (Wildman–Crippen LogP) is 4.09. The molecular weight excluding hydrogens is 397 g/mol. The fraction of sp³-hybridized carbons (Fsp3) is 0.333. The zero-order valence-corrected chi connectivity index (χ0v) is 17.0. The standard InChI is InChI=1S/C21H23Cl2N3O2/c22-18-9-4-8-17(19(18)23)20(27)25-12-5-13-26(15-14-25)21(28)24-11-10-16-6-2-1-3-7-16/h1-4,6-9H,5,10-15H2,(H,24,28). The molecule has 148 valence electrons. The fourth-order valence-corrected chi connectivity index (χ4v) is 3.61. The molecule has 3 amide bonds. The van der Waals surface area contributed by atoms with E-state index in [0.29, 0.717) is 43.3 Å². The number of rotatable bonds is 4. The van der Waals surface area contributed by atoms with Crippen LogP contribution in [0.2, 0.25) is 10.0 Å². The van der Waals surface area contributed by atoms with Gasteiger partial charge in [0.25, 0.3) is 5.91 Å². The predicted molar refractivity (Wildman–Crippen MR) is 112 cm³/mol. The summed E-state index contributed by atoms with van der Waals surface area (Å²) in [7, 11) is 0. The van der Waals surface area contributed by atoms with Crippen LogP contribution in [0, 0.1) is 0 Å². The molecule has 0 aromatic heterocycles. The minimum absolute atomic E-state index is 0.0916. The Balaban J connectivity index is 1.52. The molecule has 1 aliphatic heterocycles. The third-order valence-electron chi connectivity index (χ3n) is 4.79. The van der Waals surface area contributed by atoms with E-state index in [9.17, 15) is 9.59 Å². The van der Waals surface area contributed by atoms with Gasteiger partial charge in [0.15, 0.2) is 0 Å². The Hall–Kier alpha value is -2.24. The van der Waals surface area contributed by atoms with E-state index in [4.69, 9.17) is 23.2 Å². The zero-order valence-electron chi connectivity index (χ0n) is 15.5. The maximum atomic E-state index is 12.8. The second kappa shape index (κ2) is 9.80. The first-order valence-corrected chi connectivity index (χ1v) is 10.1. The van der Waals surface area contributed by atoms with Gasteiger partial charge in [0.05, 0.1) is 15.6 Å². The molecule has 0 saturated carbocycles. The SMILES string of the molecule is O=C(NCCc1ccccc1)N1CCCN(C(=O)c2cccc(Cl)c2Cl)CC1. The third kappa shape index (κ3) is 5.18. The fourth-order valence-electron chi connectivity index (χ4n) is 3.23. The topological polar surface area (TPSA) is 52.7 Å². The maximum Gasteiger partial charge on any atom is 0.317 e. The molecule has 1 saturated heterocycles. The molecule has 0 radical (unpaired) electrons. The van der Waals surface area contributed by atoms with E-state index in [-0.39, 0.29) is 17.0 Å². The quantitative estimate of drug-likeness (QED) is 0.810. The van der Waals surface area contributed by atoms with Crippen molar-refractivity contribution in [3.05, 3.63) is 69.7 Å². The van der Waals surface area contributed by atoms with Crippen molar-refractivity contribution in [3.63, 3.8) is 0 Å². The third-order valence-corrected chi connectivity index (χ3v) is 5.60. The van der Waals surface area contributed by atoms with Crippen LogP contribution in [-0.2, 0) is 6.42 Å². The number of carbonyl (C=O) groups is 2. The van der Waals surface area contributed by atoms with Crippen molar-refractivity contribution >= 4 is 35.1 Å². The van der Waals surface area contributed by atoms with Crippen molar-refractivity contribution in [3.8, 4) is 0 Å². The second-order valence-corrected chi connectivity index (χ2v) is 7.49. The Morgan fingerprint density at radius 3 is 2.39 bits per heavy atom. The first kappa shape index (κ1) is 20.5. The van der Waals surface area contributed by atoms with Crippen molar-refractivity contribution < 1.29 is 9.59 Å². The molecule has 0 unspecified atom stereocenters. The van der Waals surface area contributed by atoms with Gasteiger partial charge in [0.1, 0.15) is 0 Å². The number of hydrogen-bond acceptors (Lipinski definition) is 2. The summed E-state index contributed by atoms with van der Waals surface area (Å²) in [5, 5.41) is 3.60. The largest absolute Gasteiger partial charge is 0.338 e. The van der Waals surface area contributed by atoms with Gasteiger partial charge in [-0.15, -0.1) is 0 Å². The van der Waals surface area contributed by atoms with Crippen LogP contribution < -0.4 is 5.32 Å². The number of halogens is 2. The average molecular weight is 420 g/mol. The monoisotopic (exact) mass is 419 g/mol. The van der Waals surface area contributed by atoms with E-state index in [1.54, 1.807) is 28.0 Å². The number of hydrogen-bond donors (Lipinski definition) is 1. The highest BCUT2D eigenvalue weighted by Crippen LogP contribution is 2.26. The Morgan fingerprint density at radius 2 is 1.61 bits per heavy atom. The van der Waals surface area contributed by atoms with E-state index in [1.807, 2.05) is 30.3 Å². The van der Waals surface area contributed by atoms with Crippen LogP contribution in [0.4, 0.5) is 4.79 Å². The lowest BCUT2D eigenvalue weighted by Crippen LogP contribution is -2.43. The number of urea groups is 1. The molecule has 3 rings (SSSR count). The summed E-state index contributed by atoms with van der Waals surface area (Å²) in [6.07, 6.45) is 1.51. The molecule has 5 nitrogen and oxygen atoms in total. The normalized spacial score (nSPS) is 14.5. The van der Waals surface area contributed by atoms with E-state index < -0.39 is 0 Å². The number of nitrogens with zero attached hydrogens (tertiary/aromatic N) is 2. The summed E-state index contributed by atoms with van der Waals surface area (Å²) in [6, 6.07) is 15.0. The van der Waals surface area contributed by atoms with Crippen molar-refractivity contribution in [2.45, 2.75) is 12.8 Å². The van der Waals surface area contributed by atoms with Gasteiger partial charge in [-0.3, -0.25) is 4.79 Å². The van der Waals surface area contributed by atoms with Gasteiger partial charge in [-0.05, 0) is 30.5 Å². The Bertz CT molecular complexity index is 830. The minimum atomic E-state index is -0.154. The maximum absolute atomic E-state index is 12.8. The number of benzene rings is 2. The highest BCUT2D eigenvalue weighted by atomic mass is 35.5. The molecular formula is C21H23Cl2N3O2. The Morgan fingerprint density at radius 1 is 0.893 bits per heavy atom. The van der Waals surface area contributed by atoms with Crippen molar-refractivity contribution in [1.29, 1.82) is 0 Å². The number of amides is 3. The van der Waals surface area contributed by atoms with Gasteiger partial charge >= 0.3 is 6.03 Å². The van der Waals surface area contributed by atoms with Gasteiger partial charge in [0, 0.05) is 32.7 Å². The highest BCUT2D eigenvalue weighted by Gasteiger charge is 2.24. The van der Waals surface area contributed by atoms with Gasteiger partial charge in [-0.2, -0.15) is 0 Å². The highest BCUT2D eigenvalue weighted by molar-refractivity contribution is 6.43. The summed E-state index contributed by atoms with van der Waals surface area (Å²) >= 11 is 12.2. The second-order valence-electron chi connectivity index (χ2n) is 6.70. The van der Waals surface area contributed by atoms with Gasteiger partial charge in [0.2, 0.25) is 0 Å². The number of nitrogens with one attached hydrogen (secondary N) is 1. The molecule has 28 heavy (non-hydrogen) atoms. The molecule has 2 aromatic carbocycles. The molecule has 1 heterocycles. The molecule has 0 bridgehead atoms. The summed E-state index contributed by atoms with van der Waals surface area (Å²) in [4.78, 5) is 28.7. The molecule has 0 spiro atoms. The van der Waals surface area contributed by atoms with E-state index in [1.165, 1.54) is 5.56 Å². The van der Waals surface area contributed by atoms with Crippen LogP contribution in [0.15, 0.2) is 48.5 Å². The minimum Gasteiger partial charge on any atom is -0.338 e. The summed E-state index contributed by atoms with van der Waals surface area (Å²) in [5.41, 5.74) is 1.59. The first-order valence-electron chi connectivity index (χ1n) is 9.36. The van der Waals surface area contributed by atoms with Crippen LogP contribution >= 0.6 is 23.2 Å². The summed E-state index contributed by atoms with van der Waals surface area (Å²) < 4.78 is 0. The lowest BCUT2D eigenvalue weighted by molar-refractivity contribution is 0.0762. The summed E-state index contributed by atoms with van der Waals surface area (Å²) in [5.74, 6) is -0.154. The smallest absolute Gasteiger partial charge is 0.317 e. The molecule has 0 aliphatic carbocycles. The molecule has 1 aliphatic rings. The first-order chi connectivity index (χ1) is 13.6. The molecule has 7 heteroatoms. The lowest BCUT2D eigenvalue weighted by atomic mass is 10.1. The van der Waals surface area contributed by atoms with Crippen LogP contribution in [0.5, 0.6) is 0 Å².